The first kappa shape index (κ1) is 19.8. The van der Waals surface area contributed by atoms with Crippen LogP contribution in [0.1, 0.15) is 37.8 Å². The summed E-state index contributed by atoms with van der Waals surface area (Å²) in [6.45, 7) is 5.36. The van der Waals surface area contributed by atoms with Gasteiger partial charge in [-0.05, 0) is 23.3 Å². The van der Waals surface area contributed by atoms with E-state index >= 15 is 0 Å². The Balaban J connectivity index is 1.97. The molecule has 2 amide bonds. The number of rotatable bonds is 6. The summed E-state index contributed by atoms with van der Waals surface area (Å²) in [6, 6.07) is 17.6. The number of amides is 2. The van der Waals surface area contributed by atoms with Crippen LogP contribution in [0.4, 0.5) is 10.8 Å². The van der Waals surface area contributed by atoms with Gasteiger partial charge in [0, 0.05) is 30.1 Å². The number of carbonyl (C=O) groups excluding carboxylic acids is 2. The SMILES string of the molecule is CC(=O)Nc1ccc(C(c2ccccc2)C(C)(C)C(=O)Nc2nccs2)cc1. The van der Waals surface area contributed by atoms with Gasteiger partial charge in [0.05, 0.1) is 5.41 Å². The Labute approximate surface area is 168 Å². The highest BCUT2D eigenvalue weighted by Gasteiger charge is 2.39. The van der Waals surface area contributed by atoms with Gasteiger partial charge in [0.1, 0.15) is 0 Å². The minimum Gasteiger partial charge on any atom is -0.326 e. The summed E-state index contributed by atoms with van der Waals surface area (Å²) in [7, 11) is 0. The van der Waals surface area contributed by atoms with Crippen molar-refractivity contribution in [1.29, 1.82) is 0 Å². The minimum absolute atomic E-state index is 0.0951. The van der Waals surface area contributed by atoms with Crippen molar-refractivity contribution in [2.45, 2.75) is 26.7 Å². The van der Waals surface area contributed by atoms with Crippen LogP contribution in [0.2, 0.25) is 0 Å². The van der Waals surface area contributed by atoms with E-state index in [9.17, 15) is 9.59 Å². The number of hydrogen-bond acceptors (Lipinski definition) is 4. The second-order valence-corrected chi connectivity index (χ2v) is 8.05. The van der Waals surface area contributed by atoms with E-state index < -0.39 is 5.41 Å². The smallest absolute Gasteiger partial charge is 0.232 e. The molecule has 1 atom stereocenters. The normalized spacial score (nSPS) is 12.2. The Morgan fingerprint density at radius 3 is 2.18 bits per heavy atom. The fourth-order valence-electron chi connectivity index (χ4n) is 3.31. The van der Waals surface area contributed by atoms with Gasteiger partial charge < -0.3 is 10.6 Å². The summed E-state index contributed by atoms with van der Waals surface area (Å²) < 4.78 is 0. The Bertz CT molecular complexity index is 936. The number of thiazole rings is 1. The van der Waals surface area contributed by atoms with Gasteiger partial charge in [-0.15, -0.1) is 11.3 Å². The van der Waals surface area contributed by atoms with Crippen LogP contribution in [0, 0.1) is 5.41 Å². The molecule has 1 heterocycles. The van der Waals surface area contributed by atoms with Crippen molar-refractivity contribution in [1.82, 2.24) is 4.98 Å². The molecule has 0 fully saturated rings. The van der Waals surface area contributed by atoms with Crippen LogP contribution in [0.15, 0.2) is 66.2 Å². The second kappa shape index (κ2) is 8.35. The molecule has 28 heavy (non-hydrogen) atoms. The zero-order valence-corrected chi connectivity index (χ0v) is 16.9. The molecule has 0 aliphatic rings. The molecule has 0 saturated heterocycles. The van der Waals surface area contributed by atoms with E-state index in [-0.39, 0.29) is 17.7 Å². The minimum atomic E-state index is -0.734. The van der Waals surface area contributed by atoms with Crippen LogP contribution in [-0.4, -0.2) is 16.8 Å². The number of carbonyl (C=O) groups is 2. The first-order valence-corrected chi connectivity index (χ1v) is 9.89. The maximum absolute atomic E-state index is 13.1. The fraction of sp³-hybridized carbons (Fsp3) is 0.227. The molecule has 0 bridgehead atoms. The number of aromatic nitrogens is 1. The highest BCUT2D eigenvalue weighted by atomic mass is 32.1. The predicted octanol–water partition coefficient (Wildman–Crippen LogP) is 4.90. The van der Waals surface area contributed by atoms with Crippen molar-refractivity contribution in [3.8, 4) is 0 Å². The lowest BCUT2D eigenvalue weighted by Gasteiger charge is -2.34. The van der Waals surface area contributed by atoms with Gasteiger partial charge in [-0.25, -0.2) is 4.98 Å². The molecule has 3 rings (SSSR count). The van der Waals surface area contributed by atoms with Gasteiger partial charge in [-0.1, -0.05) is 56.3 Å². The van der Waals surface area contributed by atoms with E-state index in [4.69, 9.17) is 0 Å². The number of anilines is 2. The Hall–Kier alpha value is -2.99. The topological polar surface area (TPSA) is 71.1 Å². The van der Waals surface area contributed by atoms with Gasteiger partial charge in [0.25, 0.3) is 0 Å². The highest BCUT2D eigenvalue weighted by Crippen LogP contribution is 2.42. The van der Waals surface area contributed by atoms with E-state index in [1.165, 1.54) is 18.3 Å². The Kier molecular flexibility index (Phi) is 5.90. The lowest BCUT2D eigenvalue weighted by Crippen LogP contribution is -2.37. The van der Waals surface area contributed by atoms with Gasteiger partial charge in [0.15, 0.2) is 5.13 Å². The van der Waals surface area contributed by atoms with Crippen LogP contribution in [-0.2, 0) is 9.59 Å². The lowest BCUT2D eigenvalue weighted by atomic mass is 9.70. The monoisotopic (exact) mass is 393 g/mol. The van der Waals surface area contributed by atoms with Gasteiger partial charge in [-0.3, -0.25) is 9.59 Å². The van der Waals surface area contributed by atoms with E-state index in [0.29, 0.717) is 5.13 Å². The molecular weight excluding hydrogens is 370 g/mol. The molecule has 0 saturated carbocycles. The molecule has 6 heteroatoms. The number of nitrogens with one attached hydrogen (secondary N) is 2. The van der Waals surface area contributed by atoms with Crippen LogP contribution in [0.25, 0.3) is 0 Å². The van der Waals surface area contributed by atoms with Crippen LogP contribution in [0.3, 0.4) is 0 Å². The summed E-state index contributed by atoms with van der Waals surface area (Å²) in [5.74, 6) is -0.377. The van der Waals surface area contributed by atoms with Crippen molar-refractivity contribution in [3.05, 3.63) is 77.3 Å². The summed E-state index contributed by atoms with van der Waals surface area (Å²) in [5, 5.41) is 8.13. The first-order valence-electron chi connectivity index (χ1n) is 9.01. The third kappa shape index (κ3) is 4.46. The zero-order valence-electron chi connectivity index (χ0n) is 16.1. The first-order chi connectivity index (χ1) is 13.4. The van der Waals surface area contributed by atoms with Crippen molar-refractivity contribution < 1.29 is 9.59 Å². The number of benzene rings is 2. The molecule has 0 aliphatic carbocycles. The number of hydrogen-bond donors (Lipinski definition) is 2. The van der Waals surface area contributed by atoms with Crippen molar-refractivity contribution in [2.75, 3.05) is 10.6 Å². The molecular formula is C22H23N3O2S. The third-order valence-corrected chi connectivity index (χ3v) is 5.35. The summed E-state index contributed by atoms with van der Waals surface area (Å²) in [4.78, 5) is 28.6. The molecule has 5 nitrogen and oxygen atoms in total. The molecule has 0 radical (unpaired) electrons. The van der Waals surface area contributed by atoms with Gasteiger partial charge in [-0.2, -0.15) is 0 Å². The average Bonchev–Trinajstić information content (AvgIpc) is 3.17. The lowest BCUT2D eigenvalue weighted by molar-refractivity contribution is -0.124. The van der Waals surface area contributed by atoms with E-state index in [1.807, 2.05) is 73.8 Å². The van der Waals surface area contributed by atoms with Gasteiger partial charge >= 0.3 is 0 Å². The van der Waals surface area contributed by atoms with Crippen LogP contribution in [0.5, 0.6) is 0 Å². The summed E-state index contributed by atoms with van der Waals surface area (Å²) in [6.07, 6.45) is 1.67. The quantitative estimate of drug-likeness (QED) is 0.626. The fourth-order valence-corrected chi connectivity index (χ4v) is 3.83. The van der Waals surface area contributed by atoms with E-state index in [0.717, 1.165) is 16.8 Å². The standard InChI is InChI=1S/C22H23N3O2S/c1-15(26)24-18-11-9-17(10-12-18)19(16-7-5-4-6-8-16)22(2,3)20(27)25-21-23-13-14-28-21/h4-14,19H,1-3H3,(H,24,26)(H,23,25,27). The summed E-state index contributed by atoms with van der Waals surface area (Å²) in [5.41, 5.74) is 2.05. The third-order valence-electron chi connectivity index (χ3n) is 4.66. The van der Waals surface area contributed by atoms with Crippen molar-refractivity contribution in [3.63, 3.8) is 0 Å². The predicted molar refractivity (Wildman–Crippen MR) is 114 cm³/mol. The molecule has 0 spiro atoms. The zero-order chi connectivity index (χ0) is 20.1. The van der Waals surface area contributed by atoms with Crippen molar-refractivity contribution >= 4 is 34.0 Å². The van der Waals surface area contributed by atoms with E-state index in [2.05, 4.69) is 15.6 Å². The Morgan fingerprint density at radius 2 is 1.61 bits per heavy atom. The largest absolute Gasteiger partial charge is 0.326 e. The molecule has 1 unspecified atom stereocenters. The van der Waals surface area contributed by atoms with Gasteiger partial charge in [0.2, 0.25) is 11.8 Å². The molecule has 0 aliphatic heterocycles. The second-order valence-electron chi connectivity index (χ2n) is 7.16. The molecule has 1 aromatic heterocycles. The van der Waals surface area contributed by atoms with Crippen molar-refractivity contribution in [2.24, 2.45) is 5.41 Å². The summed E-state index contributed by atoms with van der Waals surface area (Å²) >= 11 is 1.40. The maximum atomic E-state index is 13.1. The molecule has 144 valence electrons. The highest BCUT2D eigenvalue weighted by molar-refractivity contribution is 7.13. The van der Waals surface area contributed by atoms with E-state index in [1.54, 1.807) is 6.20 Å². The van der Waals surface area contributed by atoms with Crippen LogP contribution >= 0.6 is 11.3 Å². The Morgan fingerprint density at radius 1 is 0.964 bits per heavy atom. The molecule has 3 aromatic rings. The maximum Gasteiger partial charge on any atom is 0.232 e. The number of nitrogens with zero attached hydrogens (tertiary/aromatic N) is 1. The van der Waals surface area contributed by atoms with Crippen LogP contribution < -0.4 is 10.6 Å². The average molecular weight is 394 g/mol. The molecule has 2 N–H and O–H groups in total. The molecule has 2 aromatic carbocycles.